The lowest BCUT2D eigenvalue weighted by molar-refractivity contribution is -0.132. The third kappa shape index (κ3) is 4.42. The topological polar surface area (TPSA) is 127 Å². The third-order valence-corrected chi connectivity index (χ3v) is 13.4. The monoisotopic (exact) mass is 593 g/mol. The number of hydrogen-bond donors (Lipinski definition) is 2. The fourth-order valence-electron chi connectivity index (χ4n) is 4.92. The fraction of sp³-hybridized carbons (Fsp3) is 0.192. The Bertz CT molecular complexity index is 1750. The summed E-state index contributed by atoms with van der Waals surface area (Å²) in [5.74, 6) is -0.964. The molecule has 2 aliphatic heterocycles. The Morgan fingerprint density at radius 3 is 2.34 bits per heavy atom. The van der Waals surface area contributed by atoms with Crippen molar-refractivity contribution in [3.05, 3.63) is 87.8 Å². The van der Waals surface area contributed by atoms with E-state index in [2.05, 4.69) is 5.32 Å². The zero-order chi connectivity index (χ0) is 27.3. The van der Waals surface area contributed by atoms with Gasteiger partial charge in [0.1, 0.15) is 9.79 Å². The Morgan fingerprint density at radius 2 is 1.66 bits per heavy atom. The number of carbonyl (C=O) groups excluding carboxylic acids is 1. The second kappa shape index (κ2) is 9.73. The van der Waals surface area contributed by atoms with E-state index in [4.69, 9.17) is 15.8 Å². The maximum atomic E-state index is 13.6. The Morgan fingerprint density at radius 1 is 1.00 bits per heavy atom. The van der Waals surface area contributed by atoms with E-state index in [1.54, 1.807) is 19.1 Å². The molecule has 0 radical (unpaired) electrons. The Balaban J connectivity index is 1.57. The molecule has 2 unspecified atom stereocenters. The van der Waals surface area contributed by atoms with E-state index in [-0.39, 0.29) is 15.7 Å². The van der Waals surface area contributed by atoms with Crippen LogP contribution in [0.15, 0.2) is 97.4 Å². The maximum Gasteiger partial charge on any atom is 0.342 e. The van der Waals surface area contributed by atoms with Crippen molar-refractivity contribution in [3.63, 3.8) is 0 Å². The van der Waals surface area contributed by atoms with Crippen LogP contribution >= 0.6 is 21.6 Å². The van der Waals surface area contributed by atoms with Crippen molar-refractivity contribution >= 4 is 58.6 Å². The molecule has 8 nitrogen and oxygen atoms in total. The molecule has 0 fully saturated rings. The van der Waals surface area contributed by atoms with Crippen molar-refractivity contribution in [1.29, 1.82) is 0 Å². The molecule has 5 rings (SSSR count). The van der Waals surface area contributed by atoms with Gasteiger partial charge in [-0.2, -0.15) is 16.8 Å². The predicted molar refractivity (Wildman–Crippen MR) is 147 cm³/mol. The molecular formula is C26H24ClNO7S3. The molecule has 2 atom stereocenters. The number of halogens is 1. The molecule has 2 N–H and O–H groups in total. The molecule has 38 heavy (non-hydrogen) atoms. The van der Waals surface area contributed by atoms with Gasteiger partial charge in [-0.05, 0) is 55.0 Å². The van der Waals surface area contributed by atoms with Crippen molar-refractivity contribution in [3.8, 4) is 0 Å². The summed E-state index contributed by atoms with van der Waals surface area (Å²) in [7, 11) is -11.6. The summed E-state index contributed by atoms with van der Waals surface area (Å²) in [4.78, 5) is 13.5. The highest BCUT2D eigenvalue weighted by molar-refractivity contribution is 8.40. The summed E-state index contributed by atoms with van der Waals surface area (Å²) >= 11 is 6.62. The summed E-state index contributed by atoms with van der Waals surface area (Å²) in [5.41, 5.74) is 1.06. The van der Waals surface area contributed by atoms with E-state index in [0.29, 0.717) is 11.6 Å². The van der Waals surface area contributed by atoms with Gasteiger partial charge in [-0.25, -0.2) is 4.79 Å². The molecule has 0 spiro atoms. The number of fused-ring (bicyclic) bond motifs is 1. The van der Waals surface area contributed by atoms with Gasteiger partial charge in [0.15, 0.2) is 0 Å². The minimum absolute atomic E-state index is 0.00375. The number of benzene rings is 3. The first-order chi connectivity index (χ1) is 18.0. The van der Waals surface area contributed by atoms with Gasteiger partial charge < -0.3 is 9.50 Å². The predicted octanol–water partition coefficient (Wildman–Crippen LogP) is 5.35. The van der Waals surface area contributed by atoms with Crippen LogP contribution in [0.5, 0.6) is 0 Å². The first-order valence-corrected chi connectivity index (χ1v) is 16.6. The number of nitrogens with one attached hydrogen (secondary N) is 1. The van der Waals surface area contributed by atoms with E-state index in [0.717, 1.165) is 34.4 Å². The lowest BCUT2D eigenvalue weighted by Gasteiger charge is -2.43. The van der Waals surface area contributed by atoms with Crippen molar-refractivity contribution in [2.45, 2.75) is 39.7 Å². The number of rotatable bonds is 6. The van der Waals surface area contributed by atoms with Gasteiger partial charge in [-0.15, -0.1) is 10.0 Å². The summed E-state index contributed by atoms with van der Waals surface area (Å²) in [6.45, 7) is 2.35. The average molecular weight is 594 g/mol. The van der Waals surface area contributed by atoms with Crippen LogP contribution in [0, 0.1) is 0 Å². The van der Waals surface area contributed by atoms with Gasteiger partial charge in [0, 0.05) is 22.2 Å². The lowest BCUT2D eigenvalue weighted by atomic mass is 10.1. The first-order valence-electron chi connectivity index (χ1n) is 11.7. The van der Waals surface area contributed by atoms with Crippen LogP contribution in [-0.2, 0) is 29.2 Å². The van der Waals surface area contributed by atoms with E-state index < -0.39 is 46.4 Å². The Labute approximate surface area is 227 Å². The van der Waals surface area contributed by atoms with E-state index in [9.17, 15) is 26.2 Å². The molecule has 0 aliphatic carbocycles. The highest BCUT2D eigenvalue weighted by Gasteiger charge is 2.45. The quantitative estimate of drug-likeness (QED) is 0.289. The van der Waals surface area contributed by atoms with Crippen molar-refractivity contribution in [2.24, 2.45) is 0 Å². The SMILES string of the molecule is CC(C(=O)OS(=O)(=O)c1cccc2c(S(=O)(=O)O)cccc12)S1(c2ccccc2Cl)C=CC2=C1NCCC2. The lowest BCUT2D eigenvalue weighted by Crippen LogP contribution is -2.33. The largest absolute Gasteiger partial charge is 0.380 e. The molecule has 0 bridgehead atoms. The molecule has 12 heteroatoms. The van der Waals surface area contributed by atoms with Crippen LogP contribution in [0.4, 0.5) is 0 Å². The van der Waals surface area contributed by atoms with Crippen LogP contribution in [0.3, 0.4) is 0 Å². The second-order valence-corrected chi connectivity index (χ2v) is 15.5. The molecule has 0 saturated heterocycles. The molecule has 0 saturated carbocycles. The molecule has 3 aromatic carbocycles. The van der Waals surface area contributed by atoms with Gasteiger partial charge >= 0.3 is 16.1 Å². The number of hydrogen-bond acceptors (Lipinski definition) is 7. The smallest absolute Gasteiger partial charge is 0.342 e. The van der Waals surface area contributed by atoms with E-state index in [1.165, 1.54) is 30.3 Å². The summed E-state index contributed by atoms with van der Waals surface area (Å²) in [5, 5.41) is 5.78. The highest BCUT2D eigenvalue weighted by Crippen LogP contribution is 2.71. The van der Waals surface area contributed by atoms with E-state index >= 15 is 0 Å². The van der Waals surface area contributed by atoms with Gasteiger partial charge in [-0.3, -0.25) is 4.55 Å². The molecular weight excluding hydrogens is 570 g/mol. The zero-order valence-corrected chi connectivity index (χ0v) is 23.3. The summed E-state index contributed by atoms with van der Waals surface area (Å²) < 4.78 is 65.3. The second-order valence-electron chi connectivity index (χ2n) is 8.91. The van der Waals surface area contributed by atoms with Gasteiger partial charge in [0.05, 0.1) is 15.3 Å². The van der Waals surface area contributed by atoms with Crippen LogP contribution in [0.1, 0.15) is 19.8 Å². The maximum absolute atomic E-state index is 13.6. The van der Waals surface area contributed by atoms with Gasteiger partial charge in [0.25, 0.3) is 10.1 Å². The molecule has 0 amide bonds. The van der Waals surface area contributed by atoms with Crippen molar-refractivity contribution in [1.82, 2.24) is 5.32 Å². The van der Waals surface area contributed by atoms with Crippen molar-refractivity contribution < 1.29 is 30.4 Å². The van der Waals surface area contributed by atoms with Crippen LogP contribution in [0.2, 0.25) is 5.02 Å². The normalized spacial score (nSPS) is 21.9. The minimum Gasteiger partial charge on any atom is -0.380 e. The summed E-state index contributed by atoms with van der Waals surface area (Å²) in [6.07, 6.45) is 3.73. The average Bonchev–Trinajstić information content (AvgIpc) is 3.27. The zero-order valence-electron chi connectivity index (χ0n) is 20.1. The highest BCUT2D eigenvalue weighted by atomic mass is 35.5. The molecule has 0 aromatic heterocycles. The number of allylic oxidation sites excluding steroid dienone is 2. The van der Waals surface area contributed by atoms with E-state index in [1.807, 2.05) is 23.6 Å². The summed E-state index contributed by atoms with van der Waals surface area (Å²) in [6, 6.07) is 14.9. The van der Waals surface area contributed by atoms with Crippen LogP contribution in [-0.4, -0.2) is 39.2 Å². The standard InChI is InChI=1S/C26H24ClNO7S3/c1-17(36(24-11-3-2-10-21(24)27)16-14-18-7-6-15-28-25(18)36)26(29)35-38(33,34)23-13-5-8-19-20(23)9-4-12-22(19)37(30,31)32/h2-5,8-14,16-17,28H,6-7,15H2,1H3,(H,30,31,32). The van der Waals surface area contributed by atoms with Gasteiger partial charge in [-0.1, -0.05) is 54.1 Å². The minimum atomic E-state index is -4.68. The molecule has 200 valence electrons. The van der Waals surface area contributed by atoms with Crippen LogP contribution < -0.4 is 5.32 Å². The van der Waals surface area contributed by atoms with Crippen molar-refractivity contribution in [2.75, 3.05) is 6.54 Å². The third-order valence-electron chi connectivity index (χ3n) is 6.69. The van der Waals surface area contributed by atoms with Gasteiger partial charge in [0.2, 0.25) is 0 Å². The number of carbonyl (C=O) groups is 1. The Hall–Kier alpha value is -2.83. The molecule has 2 aliphatic rings. The Kier molecular flexibility index (Phi) is 6.85. The molecule has 3 aromatic rings. The molecule has 2 heterocycles. The fourth-order valence-corrected chi connectivity index (χ4v) is 11.2. The van der Waals surface area contributed by atoms with Crippen LogP contribution in [0.25, 0.3) is 10.8 Å². The first kappa shape index (κ1) is 26.8.